The van der Waals surface area contributed by atoms with Crippen molar-refractivity contribution in [1.82, 2.24) is 4.57 Å². The number of esters is 1. The first-order chi connectivity index (χ1) is 22.0. The Morgan fingerprint density at radius 2 is 1.78 bits per heavy atom. The maximum absolute atomic E-state index is 13.9. The summed E-state index contributed by atoms with van der Waals surface area (Å²) in [6, 6.07) is 15.3. The average Bonchev–Trinajstić information content (AvgIpc) is 3.34. The number of fused-ring (bicyclic) bond motifs is 1. The number of ether oxygens (including phenoxy) is 3. The Morgan fingerprint density at radius 3 is 2.43 bits per heavy atom. The van der Waals surface area contributed by atoms with Crippen LogP contribution in [0.2, 0.25) is 0 Å². The van der Waals surface area contributed by atoms with E-state index < -0.39 is 43.2 Å². The molecule has 3 aromatic carbocycles. The summed E-state index contributed by atoms with van der Waals surface area (Å²) in [7, 11) is -1.77. The number of benzene rings is 3. The summed E-state index contributed by atoms with van der Waals surface area (Å²) in [6.45, 7) is 3.51. The van der Waals surface area contributed by atoms with E-state index in [2.05, 4.69) is 4.99 Å². The molecule has 2 heterocycles. The van der Waals surface area contributed by atoms with Crippen LogP contribution in [-0.2, 0) is 19.6 Å². The third-order valence-electron chi connectivity index (χ3n) is 6.96. The molecule has 4 aromatic rings. The van der Waals surface area contributed by atoms with E-state index in [0.29, 0.717) is 27.4 Å². The maximum atomic E-state index is 13.9. The molecule has 5 rings (SSSR count). The van der Waals surface area contributed by atoms with Gasteiger partial charge >= 0.3 is 16.1 Å². The predicted molar refractivity (Wildman–Crippen MR) is 167 cm³/mol. The van der Waals surface area contributed by atoms with Crippen molar-refractivity contribution < 1.29 is 36.5 Å². The van der Waals surface area contributed by atoms with Crippen molar-refractivity contribution in [3.05, 3.63) is 119 Å². The lowest BCUT2D eigenvalue weighted by atomic mass is 9.96. The minimum atomic E-state index is -4.61. The molecule has 0 aliphatic carbocycles. The van der Waals surface area contributed by atoms with Crippen LogP contribution in [0, 0.1) is 10.1 Å². The summed E-state index contributed by atoms with van der Waals surface area (Å²) in [6.07, 6.45) is 1.57. The van der Waals surface area contributed by atoms with Crippen molar-refractivity contribution in [1.29, 1.82) is 0 Å². The van der Waals surface area contributed by atoms with Gasteiger partial charge in [-0.15, -0.1) is 0 Å². The van der Waals surface area contributed by atoms with Crippen molar-refractivity contribution in [2.75, 3.05) is 20.8 Å². The number of para-hydroxylation sites is 1. The van der Waals surface area contributed by atoms with Crippen LogP contribution in [0.4, 0.5) is 5.69 Å². The largest absolute Gasteiger partial charge is 0.497 e. The molecule has 1 aliphatic rings. The SMILES string of the molecule is CCOC(=O)C1=C(C)N=c2s/c(=C/c3ccc(OS(=O)(=O)c4ccccc4[N+](=O)[O-])c(OC)c3)c(=O)n2[C@H]1c1ccc(OC)cc1. The fourth-order valence-electron chi connectivity index (χ4n) is 4.87. The number of allylic oxidation sites excluding steroid dienone is 1. The fraction of sp³-hybridized carbons (Fsp3) is 0.194. The van der Waals surface area contributed by atoms with Crippen LogP contribution in [0.1, 0.15) is 31.0 Å². The highest BCUT2D eigenvalue weighted by Gasteiger charge is 2.33. The lowest BCUT2D eigenvalue weighted by molar-refractivity contribution is -0.387. The number of nitro groups is 1. The highest BCUT2D eigenvalue weighted by Crippen LogP contribution is 2.34. The number of nitro benzene ring substituents is 1. The van der Waals surface area contributed by atoms with Gasteiger partial charge in [-0.2, -0.15) is 8.42 Å². The number of carbonyl (C=O) groups is 1. The van der Waals surface area contributed by atoms with Gasteiger partial charge < -0.3 is 18.4 Å². The quantitative estimate of drug-likeness (QED) is 0.106. The van der Waals surface area contributed by atoms with Gasteiger partial charge in [0, 0.05) is 6.07 Å². The van der Waals surface area contributed by atoms with Gasteiger partial charge in [0.1, 0.15) is 5.75 Å². The molecule has 0 amide bonds. The first-order valence-corrected chi connectivity index (χ1v) is 15.9. The predicted octanol–water partition coefficient (Wildman–Crippen LogP) is 3.49. The number of methoxy groups -OCH3 is 2. The fourth-order valence-corrected chi connectivity index (χ4v) is 7.02. The molecule has 0 spiro atoms. The second-order valence-corrected chi connectivity index (χ2v) is 12.3. The summed E-state index contributed by atoms with van der Waals surface area (Å²) < 4.78 is 48.8. The van der Waals surface area contributed by atoms with E-state index in [9.17, 15) is 28.1 Å². The van der Waals surface area contributed by atoms with Gasteiger partial charge in [-0.05, 0) is 61.4 Å². The van der Waals surface area contributed by atoms with E-state index >= 15 is 0 Å². The molecule has 0 saturated heterocycles. The van der Waals surface area contributed by atoms with Crippen LogP contribution in [0.25, 0.3) is 6.08 Å². The molecule has 0 fully saturated rings. The Bertz CT molecular complexity index is 2170. The zero-order valence-electron chi connectivity index (χ0n) is 25.0. The van der Waals surface area contributed by atoms with Crippen molar-refractivity contribution in [2.45, 2.75) is 24.8 Å². The Kier molecular flexibility index (Phi) is 9.07. The van der Waals surface area contributed by atoms with Gasteiger partial charge in [0.2, 0.25) is 0 Å². The lowest BCUT2D eigenvalue weighted by Gasteiger charge is -2.24. The topological polar surface area (TPSA) is 166 Å². The molecule has 46 heavy (non-hydrogen) atoms. The van der Waals surface area contributed by atoms with Gasteiger partial charge in [0.15, 0.2) is 21.2 Å². The number of hydrogen-bond donors (Lipinski definition) is 0. The molecule has 238 valence electrons. The second kappa shape index (κ2) is 13.0. The number of nitrogens with zero attached hydrogens (tertiary/aromatic N) is 3. The maximum Gasteiger partial charge on any atom is 0.346 e. The summed E-state index contributed by atoms with van der Waals surface area (Å²) >= 11 is 1.11. The lowest BCUT2D eigenvalue weighted by Crippen LogP contribution is -2.39. The zero-order valence-corrected chi connectivity index (χ0v) is 26.6. The van der Waals surface area contributed by atoms with Crippen LogP contribution < -0.4 is 28.5 Å². The smallest absolute Gasteiger partial charge is 0.346 e. The van der Waals surface area contributed by atoms with Crippen molar-refractivity contribution >= 4 is 39.2 Å². The van der Waals surface area contributed by atoms with Gasteiger partial charge in [0.25, 0.3) is 11.2 Å². The van der Waals surface area contributed by atoms with Gasteiger partial charge in [-0.1, -0.05) is 41.7 Å². The van der Waals surface area contributed by atoms with Crippen molar-refractivity contribution in [3.63, 3.8) is 0 Å². The van der Waals surface area contributed by atoms with Crippen LogP contribution >= 0.6 is 11.3 Å². The molecular weight excluding hydrogens is 638 g/mol. The van der Waals surface area contributed by atoms with E-state index in [1.54, 1.807) is 44.2 Å². The zero-order chi connectivity index (χ0) is 33.2. The molecule has 1 aromatic heterocycles. The van der Waals surface area contributed by atoms with Gasteiger partial charge in [-0.25, -0.2) is 9.79 Å². The first-order valence-electron chi connectivity index (χ1n) is 13.7. The van der Waals surface area contributed by atoms with E-state index in [-0.39, 0.29) is 28.2 Å². The van der Waals surface area contributed by atoms with Crippen LogP contribution in [-0.4, -0.2) is 44.7 Å². The molecule has 1 atom stereocenters. The Labute approximate surface area is 266 Å². The van der Waals surface area contributed by atoms with E-state index in [1.165, 1.54) is 49.1 Å². The normalized spacial score (nSPS) is 14.7. The molecule has 13 nitrogen and oxygen atoms in total. The Balaban J connectivity index is 1.57. The number of aromatic nitrogens is 1. The summed E-state index contributed by atoms with van der Waals surface area (Å²) in [5.41, 5.74) is 0.692. The van der Waals surface area contributed by atoms with Crippen molar-refractivity contribution in [2.24, 2.45) is 4.99 Å². The average molecular weight is 666 g/mol. The molecule has 15 heteroatoms. The van der Waals surface area contributed by atoms with Crippen LogP contribution in [0.5, 0.6) is 17.2 Å². The highest BCUT2D eigenvalue weighted by atomic mass is 32.2. The third-order valence-corrected chi connectivity index (χ3v) is 9.23. The standard InChI is InChI=1S/C31H27N3O10S2/c1-5-43-30(36)27-18(2)32-31-33(28(27)20-11-13-21(41-3)14-12-20)29(35)25(45-31)17-19-10-15-23(24(16-19)42-4)44-46(39,40)26-9-7-6-8-22(26)34(37)38/h6-17,28H,5H2,1-4H3/b25-17+/t28-/m0/s1. The molecular formula is C31H27N3O10S2. The minimum Gasteiger partial charge on any atom is -0.497 e. The number of hydrogen-bond acceptors (Lipinski definition) is 12. The number of carbonyl (C=O) groups excluding carboxylic acids is 1. The van der Waals surface area contributed by atoms with Gasteiger partial charge in [0.05, 0.1) is 47.6 Å². The van der Waals surface area contributed by atoms with E-state index in [4.69, 9.17) is 18.4 Å². The number of rotatable bonds is 10. The summed E-state index contributed by atoms with van der Waals surface area (Å²) in [4.78, 5) is 41.9. The van der Waals surface area contributed by atoms with Crippen LogP contribution in [0.15, 0.2) is 92.7 Å². The van der Waals surface area contributed by atoms with E-state index in [1.807, 2.05) is 0 Å². The molecule has 0 radical (unpaired) electrons. The molecule has 0 N–H and O–H groups in total. The molecule has 1 aliphatic heterocycles. The summed E-state index contributed by atoms with van der Waals surface area (Å²) in [5, 5.41) is 11.4. The molecule has 0 saturated carbocycles. The van der Waals surface area contributed by atoms with Gasteiger partial charge in [-0.3, -0.25) is 19.5 Å². The Morgan fingerprint density at radius 1 is 1.07 bits per heavy atom. The Hall–Kier alpha value is -5.28. The van der Waals surface area contributed by atoms with Crippen LogP contribution in [0.3, 0.4) is 0 Å². The second-order valence-electron chi connectivity index (χ2n) is 9.75. The molecule has 0 unspecified atom stereocenters. The third kappa shape index (κ3) is 6.14. The highest BCUT2D eigenvalue weighted by molar-refractivity contribution is 7.87. The van der Waals surface area contributed by atoms with E-state index in [0.717, 1.165) is 23.5 Å². The van der Waals surface area contributed by atoms with Crippen molar-refractivity contribution in [3.8, 4) is 17.2 Å². The first kappa shape index (κ1) is 32.1. The monoisotopic (exact) mass is 665 g/mol. The molecule has 0 bridgehead atoms. The summed E-state index contributed by atoms with van der Waals surface area (Å²) in [5.74, 6) is -0.200. The number of thiazole rings is 1. The minimum absolute atomic E-state index is 0.000219.